The summed E-state index contributed by atoms with van der Waals surface area (Å²) in [6, 6.07) is 0. The van der Waals surface area contributed by atoms with E-state index in [9.17, 15) is 0 Å². The van der Waals surface area contributed by atoms with Crippen molar-refractivity contribution < 1.29 is 0 Å². The summed E-state index contributed by atoms with van der Waals surface area (Å²) in [4.78, 5) is 0. The zero-order chi connectivity index (χ0) is 9.97. The summed E-state index contributed by atoms with van der Waals surface area (Å²) in [5, 5.41) is 11.9. The van der Waals surface area contributed by atoms with E-state index in [1.807, 2.05) is 6.20 Å². The lowest BCUT2D eigenvalue weighted by molar-refractivity contribution is 0.226. The summed E-state index contributed by atoms with van der Waals surface area (Å²) >= 11 is 0. The molecule has 1 fully saturated rings. The van der Waals surface area contributed by atoms with Crippen molar-refractivity contribution >= 4 is 0 Å². The molecule has 1 heterocycles. The molecule has 14 heavy (non-hydrogen) atoms. The zero-order valence-corrected chi connectivity index (χ0v) is 8.91. The van der Waals surface area contributed by atoms with E-state index in [-0.39, 0.29) is 5.41 Å². The molecule has 0 aliphatic heterocycles. The van der Waals surface area contributed by atoms with Gasteiger partial charge in [0.25, 0.3) is 0 Å². The maximum absolute atomic E-state index is 4.25. The largest absolute Gasteiger partial charge is 0.138 e. The van der Waals surface area contributed by atoms with E-state index in [1.165, 1.54) is 24.1 Å². The Kier molecular flexibility index (Phi) is 1.28. The van der Waals surface area contributed by atoms with Gasteiger partial charge in [0.1, 0.15) is 0 Å². The van der Waals surface area contributed by atoms with Gasteiger partial charge in [0.15, 0.2) is 0 Å². The van der Waals surface area contributed by atoms with Crippen LogP contribution in [0.5, 0.6) is 0 Å². The lowest BCUT2D eigenvalue weighted by atomic mass is 9.70. The van der Waals surface area contributed by atoms with Gasteiger partial charge in [-0.05, 0) is 35.0 Å². The van der Waals surface area contributed by atoms with Crippen molar-refractivity contribution in [2.24, 2.45) is 5.41 Å². The molecule has 3 rings (SSSR count). The molecular formula is C11H15N3. The van der Waals surface area contributed by atoms with Gasteiger partial charge in [0.05, 0.1) is 11.9 Å². The van der Waals surface area contributed by atoms with E-state index in [0.717, 1.165) is 0 Å². The Hall–Kier alpha value is -0.990. The Bertz CT molecular complexity index is 399. The highest BCUT2D eigenvalue weighted by Gasteiger charge is 2.60. The molecule has 2 atom stereocenters. The molecule has 1 unspecified atom stereocenters. The molecule has 74 valence electrons. The highest BCUT2D eigenvalue weighted by Crippen LogP contribution is 2.66. The number of hydrogen-bond acceptors (Lipinski definition) is 3. The highest BCUT2D eigenvalue weighted by molar-refractivity contribution is 5.42. The molecule has 0 saturated heterocycles. The fourth-order valence-corrected chi connectivity index (χ4v) is 3.43. The maximum Gasteiger partial charge on any atom is 0.0764 e. The molecule has 2 aliphatic rings. The van der Waals surface area contributed by atoms with Crippen molar-refractivity contribution in [3.8, 4) is 0 Å². The second-order valence-corrected chi connectivity index (χ2v) is 5.38. The van der Waals surface area contributed by atoms with E-state index in [1.54, 1.807) is 0 Å². The van der Waals surface area contributed by atoms with Crippen molar-refractivity contribution in [2.45, 2.75) is 44.9 Å². The van der Waals surface area contributed by atoms with Crippen LogP contribution in [0.15, 0.2) is 6.20 Å². The van der Waals surface area contributed by atoms with Crippen LogP contribution in [0, 0.1) is 5.41 Å². The Morgan fingerprint density at radius 1 is 1.36 bits per heavy atom. The van der Waals surface area contributed by atoms with Crippen LogP contribution in [-0.4, -0.2) is 15.4 Å². The number of nitrogens with zero attached hydrogens (tertiary/aromatic N) is 3. The van der Waals surface area contributed by atoms with Crippen molar-refractivity contribution in [1.82, 2.24) is 15.4 Å². The molecule has 3 heteroatoms. The summed E-state index contributed by atoms with van der Waals surface area (Å²) in [5.74, 6) is 0.644. The molecule has 1 aromatic heterocycles. The average Bonchev–Trinajstić information content (AvgIpc) is 2.49. The molecule has 1 aromatic rings. The average molecular weight is 189 g/mol. The van der Waals surface area contributed by atoms with Gasteiger partial charge in [0, 0.05) is 5.41 Å². The molecule has 1 saturated carbocycles. The third-order valence-electron chi connectivity index (χ3n) is 4.79. The first-order chi connectivity index (χ1) is 6.57. The minimum Gasteiger partial charge on any atom is -0.138 e. The van der Waals surface area contributed by atoms with Crippen molar-refractivity contribution in [3.63, 3.8) is 0 Å². The van der Waals surface area contributed by atoms with Gasteiger partial charge in [-0.25, -0.2) is 0 Å². The first-order valence-corrected chi connectivity index (χ1v) is 5.26. The summed E-state index contributed by atoms with van der Waals surface area (Å²) < 4.78 is 0. The Morgan fingerprint density at radius 2 is 2.14 bits per heavy atom. The monoisotopic (exact) mass is 189 g/mol. The van der Waals surface area contributed by atoms with Gasteiger partial charge < -0.3 is 0 Å². The molecule has 0 radical (unpaired) electrons. The highest BCUT2D eigenvalue weighted by atomic mass is 15.3. The second kappa shape index (κ2) is 2.15. The Balaban J connectivity index is 2.31. The minimum atomic E-state index is 0.225. The Morgan fingerprint density at radius 3 is 2.86 bits per heavy atom. The molecule has 0 N–H and O–H groups in total. The van der Waals surface area contributed by atoms with Gasteiger partial charge in [-0.3, -0.25) is 0 Å². The van der Waals surface area contributed by atoms with E-state index >= 15 is 0 Å². The number of fused-ring (bicyclic) bond motifs is 5. The molecule has 2 bridgehead atoms. The summed E-state index contributed by atoms with van der Waals surface area (Å²) in [7, 11) is 0. The van der Waals surface area contributed by atoms with Crippen molar-refractivity contribution in [2.75, 3.05) is 0 Å². The smallest absolute Gasteiger partial charge is 0.0764 e. The second-order valence-electron chi connectivity index (χ2n) is 5.38. The van der Waals surface area contributed by atoms with Crippen LogP contribution in [0.3, 0.4) is 0 Å². The number of hydrogen-bond donors (Lipinski definition) is 0. The van der Waals surface area contributed by atoms with Gasteiger partial charge in [0.2, 0.25) is 0 Å². The first kappa shape index (κ1) is 8.33. The SMILES string of the molecule is CC12CC[C@H](c3cnnnc31)C2(C)C. The van der Waals surface area contributed by atoms with Crippen molar-refractivity contribution in [1.29, 1.82) is 0 Å². The maximum atomic E-state index is 4.25. The van der Waals surface area contributed by atoms with Crippen LogP contribution >= 0.6 is 0 Å². The predicted octanol–water partition coefficient (Wildman–Crippen LogP) is 2.05. The quantitative estimate of drug-likeness (QED) is 0.627. The molecular weight excluding hydrogens is 174 g/mol. The molecule has 3 nitrogen and oxygen atoms in total. The Labute approximate surface area is 83.9 Å². The van der Waals surface area contributed by atoms with E-state index in [4.69, 9.17) is 0 Å². The fourth-order valence-electron chi connectivity index (χ4n) is 3.43. The summed E-state index contributed by atoms with van der Waals surface area (Å²) in [6.45, 7) is 7.03. The van der Waals surface area contributed by atoms with Gasteiger partial charge in [-0.2, -0.15) is 0 Å². The zero-order valence-electron chi connectivity index (χ0n) is 8.91. The molecule has 0 aromatic carbocycles. The lowest BCUT2D eigenvalue weighted by Crippen LogP contribution is -2.32. The first-order valence-electron chi connectivity index (χ1n) is 5.26. The standard InChI is InChI=1S/C11H15N3/c1-10(2)8-4-5-11(10,3)9-7(8)6-12-14-13-9/h6,8H,4-5H2,1-3H3/t8-,11?/m1/s1. The third-order valence-corrected chi connectivity index (χ3v) is 4.79. The fraction of sp³-hybridized carbons (Fsp3) is 0.727. The van der Waals surface area contributed by atoms with Crippen molar-refractivity contribution in [3.05, 3.63) is 17.5 Å². The summed E-state index contributed by atoms with van der Waals surface area (Å²) in [5.41, 5.74) is 3.10. The predicted molar refractivity (Wildman–Crippen MR) is 52.9 cm³/mol. The van der Waals surface area contributed by atoms with E-state index in [0.29, 0.717) is 11.3 Å². The third kappa shape index (κ3) is 0.656. The van der Waals surface area contributed by atoms with Gasteiger partial charge in [-0.1, -0.05) is 20.8 Å². The number of rotatable bonds is 0. The topological polar surface area (TPSA) is 38.7 Å². The van der Waals surface area contributed by atoms with Crippen LogP contribution in [0.2, 0.25) is 0 Å². The molecule has 0 amide bonds. The van der Waals surface area contributed by atoms with Crippen LogP contribution in [0.25, 0.3) is 0 Å². The van der Waals surface area contributed by atoms with E-state index < -0.39 is 0 Å². The normalized spacial score (nSPS) is 37.2. The van der Waals surface area contributed by atoms with Crippen LogP contribution in [0.1, 0.15) is 50.8 Å². The van der Waals surface area contributed by atoms with Gasteiger partial charge in [-0.15, -0.1) is 10.2 Å². The summed E-state index contributed by atoms with van der Waals surface area (Å²) in [6.07, 6.45) is 4.44. The lowest BCUT2D eigenvalue weighted by Gasteiger charge is -2.33. The van der Waals surface area contributed by atoms with Crippen LogP contribution < -0.4 is 0 Å². The minimum absolute atomic E-state index is 0.225. The van der Waals surface area contributed by atoms with E-state index in [2.05, 4.69) is 36.2 Å². The van der Waals surface area contributed by atoms with Crippen LogP contribution in [0.4, 0.5) is 0 Å². The van der Waals surface area contributed by atoms with Gasteiger partial charge >= 0.3 is 0 Å². The van der Waals surface area contributed by atoms with Crippen LogP contribution in [-0.2, 0) is 5.41 Å². The molecule has 2 aliphatic carbocycles. The number of aromatic nitrogens is 3. The molecule has 0 spiro atoms.